The van der Waals surface area contributed by atoms with E-state index in [0.29, 0.717) is 28.9 Å². The minimum absolute atomic E-state index is 0.0280. The van der Waals surface area contributed by atoms with Gasteiger partial charge in [-0.15, -0.1) is 0 Å². The van der Waals surface area contributed by atoms with Crippen molar-refractivity contribution in [1.82, 2.24) is 0 Å². The molecule has 7 heteroatoms. The molecule has 0 aromatic heterocycles. The van der Waals surface area contributed by atoms with Crippen LogP contribution in [0.3, 0.4) is 0 Å². The summed E-state index contributed by atoms with van der Waals surface area (Å²) in [5, 5.41) is 11.1. The minimum Gasteiger partial charge on any atom is -0.507 e. The summed E-state index contributed by atoms with van der Waals surface area (Å²) in [5.74, 6) is -0.514. The van der Waals surface area contributed by atoms with Gasteiger partial charge in [0.05, 0.1) is 18.8 Å². The third-order valence-corrected chi connectivity index (χ3v) is 5.40. The van der Waals surface area contributed by atoms with Gasteiger partial charge in [-0.05, 0) is 62.4 Å². The lowest BCUT2D eigenvalue weighted by Gasteiger charge is -2.21. The third-order valence-electron chi connectivity index (χ3n) is 5.40. The number of hydrogen-bond acceptors (Lipinski definition) is 4. The zero-order chi connectivity index (χ0) is 25.5. The first-order chi connectivity index (χ1) is 16.0. The molecule has 0 aliphatic carbocycles. The molecule has 0 radical (unpaired) electrons. The number of carbonyl (C=O) groups is 1. The van der Waals surface area contributed by atoms with E-state index in [-0.39, 0.29) is 17.4 Å². The maximum atomic E-state index is 12.8. The molecule has 2 aromatic carbocycles. The average molecular weight is 477 g/mol. The number of phenols is 1. The third kappa shape index (κ3) is 6.89. The average Bonchev–Trinajstić information content (AvgIpc) is 2.79. The molecule has 0 aliphatic heterocycles. The number of ether oxygens (including phenoxy) is 2. The SMILES string of the molecule is CCC(CC)Oc1cc(C=Cc2ccc(C(F)(F)F)cc2)c(C(=O)OC)c(O)c1CC=C(C)C. The first-order valence-electron chi connectivity index (χ1n) is 11.1. The van der Waals surface area contributed by atoms with E-state index >= 15 is 0 Å². The van der Waals surface area contributed by atoms with Crippen LogP contribution in [-0.2, 0) is 17.3 Å². The molecule has 34 heavy (non-hydrogen) atoms. The second kappa shape index (κ2) is 11.8. The molecule has 0 fully saturated rings. The molecule has 2 rings (SSSR count). The van der Waals surface area contributed by atoms with Gasteiger partial charge in [-0.3, -0.25) is 0 Å². The summed E-state index contributed by atoms with van der Waals surface area (Å²) in [6, 6.07) is 6.31. The Bertz CT molecular complexity index is 1040. The number of aromatic hydroxyl groups is 1. The van der Waals surface area contributed by atoms with Crippen LogP contribution in [0.5, 0.6) is 11.5 Å². The number of hydrogen-bond donors (Lipinski definition) is 1. The maximum absolute atomic E-state index is 12.8. The van der Waals surface area contributed by atoms with Gasteiger partial charge in [0.2, 0.25) is 0 Å². The van der Waals surface area contributed by atoms with E-state index in [1.54, 1.807) is 18.2 Å². The topological polar surface area (TPSA) is 55.8 Å². The second-order valence-corrected chi connectivity index (χ2v) is 8.15. The fourth-order valence-corrected chi connectivity index (χ4v) is 3.37. The number of phenolic OH excluding ortho intramolecular Hbond substituents is 1. The molecule has 0 atom stereocenters. The zero-order valence-corrected chi connectivity index (χ0v) is 20.1. The van der Waals surface area contributed by atoms with E-state index in [0.717, 1.165) is 30.5 Å². The highest BCUT2D eigenvalue weighted by molar-refractivity contribution is 5.98. The van der Waals surface area contributed by atoms with Gasteiger partial charge in [-0.2, -0.15) is 13.2 Å². The molecule has 0 aliphatic rings. The van der Waals surface area contributed by atoms with Gasteiger partial charge in [0, 0.05) is 5.56 Å². The predicted molar refractivity (Wildman–Crippen MR) is 128 cm³/mol. The molecule has 0 saturated carbocycles. The monoisotopic (exact) mass is 476 g/mol. The smallest absolute Gasteiger partial charge is 0.416 e. The van der Waals surface area contributed by atoms with Gasteiger partial charge in [-0.25, -0.2) is 4.79 Å². The number of rotatable bonds is 9. The van der Waals surface area contributed by atoms with Crippen molar-refractivity contribution in [3.8, 4) is 11.5 Å². The summed E-state index contributed by atoms with van der Waals surface area (Å²) in [7, 11) is 1.22. The molecule has 0 heterocycles. The van der Waals surface area contributed by atoms with Gasteiger partial charge in [0.25, 0.3) is 0 Å². The van der Waals surface area contributed by atoms with Crippen molar-refractivity contribution in [2.24, 2.45) is 0 Å². The van der Waals surface area contributed by atoms with Crippen molar-refractivity contribution < 1.29 is 32.5 Å². The van der Waals surface area contributed by atoms with E-state index in [1.165, 1.54) is 19.2 Å². The Kier molecular flexibility index (Phi) is 9.36. The lowest BCUT2D eigenvalue weighted by Crippen LogP contribution is -2.16. The molecular weight excluding hydrogens is 445 g/mol. The van der Waals surface area contributed by atoms with Crippen LogP contribution in [0.4, 0.5) is 13.2 Å². The summed E-state index contributed by atoms with van der Waals surface area (Å²) in [4.78, 5) is 12.6. The Balaban J connectivity index is 2.62. The maximum Gasteiger partial charge on any atom is 0.416 e. The number of benzene rings is 2. The molecular formula is C27H31F3O4. The van der Waals surface area contributed by atoms with E-state index in [9.17, 15) is 23.1 Å². The van der Waals surface area contributed by atoms with E-state index in [4.69, 9.17) is 9.47 Å². The summed E-state index contributed by atoms with van der Waals surface area (Å²) >= 11 is 0. The molecule has 0 spiro atoms. The molecule has 1 N–H and O–H groups in total. The molecule has 184 valence electrons. The predicted octanol–water partition coefficient (Wildman–Crippen LogP) is 7.44. The fraction of sp³-hybridized carbons (Fsp3) is 0.370. The van der Waals surface area contributed by atoms with Gasteiger partial charge in [-0.1, -0.05) is 49.8 Å². The van der Waals surface area contributed by atoms with Crippen LogP contribution in [0.2, 0.25) is 0 Å². The zero-order valence-electron chi connectivity index (χ0n) is 20.1. The molecule has 0 saturated heterocycles. The first-order valence-corrected chi connectivity index (χ1v) is 11.1. The highest BCUT2D eigenvalue weighted by Gasteiger charge is 2.30. The summed E-state index contributed by atoms with van der Waals surface area (Å²) in [6.07, 6.45) is 2.42. The number of alkyl halides is 3. The number of methoxy groups -OCH3 is 1. The Morgan fingerprint density at radius 3 is 2.21 bits per heavy atom. The Hall–Kier alpha value is -3.22. The molecule has 0 amide bonds. The van der Waals surface area contributed by atoms with Crippen LogP contribution in [0.25, 0.3) is 12.2 Å². The van der Waals surface area contributed by atoms with Gasteiger partial charge in [0.15, 0.2) is 0 Å². The van der Waals surface area contributed by atoms with E-state index in [1.807, 2.05) is 33.8 Å². The van der Waals surface area contributed by atoms with Crippen molar-refractivity contribution in [3.63, 3.8) is 0 Å². The van der Waals surface area contributed by atoms with Gasteiger partial charge >= 0.3 is 12.1 Å². The molecule has 0 unspecified atom stereocenters. The number of esters is 1. The Morgan fingerprint density at radius 2 is 1.71 bits per heavy atom. The van der Waals surface area contributed by atoms with E-state index < -0.39 is 17.7 Å². The summed E-state index contributed by atoms with van der Waals surface area (Å²) in [5.41, 5.74) is 1.58. The molecule has 0 bridgehead atoms. The number of halogens is 3. The quantitative estimate of drug-likeness (QED) is 0.232. The lowest BCUT2D eigenvalue weighted by molar-refractivity contribution is -0.137. The van der Waals surface area contributed by atoms with Crippen molar-refractivity contribution in [2.75, 3.05) is 7.11 Å². The second-order valence-electron chi connectivity index (χ2n) is 8.15. The number of allylic oxidation sites excluding steroid dienone is 2. The van der Waals surface area contributed by atoms with Gasteiger partial charge < -0.3 is 14.6 Å². The minimum atomic E-state index is -4.42. The summed E-state index contributed by atoms with van der Waals surface area (Å²) in [6.45, 7) is 7.86. The highest BCUT2D eigenvalue weighted by atomic mass is 19.4. The Labute approximate surface area is 198 Å². The van der Waals surface area contributed by atoms with Crippen molar-refractivity contribution >= 4 is 18.1 Å². The van der Waals surface area contributed by atoms with Crippen LogP contribution in [0.15, 0.2) is 42.0 Å². The van der Waals surface area contributed by atoms with Crippen molar-refractivity contribution in [1.29, 1.82) is 0 Å². The van der Waals surface area contributed by atoms with Crippen LogP contribution in [0.1, 0.15) is 73.1 Å². The van der Waals surface area contributed by atoms with Gasteiger partial charge in [0.1, 0.15) is 17.1 Å². The van der Waals surface area contributed by atoms with Crippen molar-refractivity contribution in [2.45, 2.75) is 59.2 Å². The van der Waals surface area contributed by atoms with Crippen molar-refractivity contribution in [3.05, 3.63) is 69.8 Å². The van der Waals surface area contributed by atoms with Crippen LogP contribution in [0, 0.1) is 0 Å². The largest absolute Gasteiger partial charge is 0.507 e. The van der Waals surface area contributed by atoms with Crippen LogP contribution in [-0.4, -0.2) is 24.3 Å². The van der Waals surface area contributed by atoms with Crippen LogP contribution < -0.4 is 4.74 Å². The molecule has 4 nitrogen and oxygen atoms in total. The normalized spacial score (nSPS) is 11.7. The highest BCUT2D eigenvalue weighted by Crippen LogP contribution is 2.38. The Morgan fingerprint density at radius 1 is 1.09 bits per heavy atom. The first kappa shape index (κ1) is 27.0. The summed E-state index contributed by atoms with van der Waals surface area (Å²) < 4.78 is 49.6. The van der Waals surface area contributed by atoms with E-state index in [2.05, 4.69) is 0 Å². The lowest BCUT2D eigenvalue weighted by atomic mass is 9.97. The number of carbonyl (C=O) groups excluding carboxylic acids is 1. The standard InChI is InChI=1S/C27H31F3O4/c1-6-21(7-2)34-23-16-19(12-9-18-10-13-20(14-11-18)27(28,29)30)24(26(32)33-5)25(31)22(23)15-8-17(3)4/h8-14,16,21,31H,6-7,15H2,1-5H3. The van der Waals surface area contributed by atoms with Crippen LogP contribution >= 0.6 is 0 Å². The fourth-order valence-electron chi connectivity index (χ4n) is 3.37. The molecule has 2 aromatic rings.